The van der Waals surface area contributed by atoms with Gasteiger partial charge in [-0.25, -0.2) is 0 Å². The van der Waals surface area contributed by atoms with Gasteiger partial charge in [-0.2, -0.15) is 0 Å². The molecule has 0 aliphatic rings. The molecule has 0 saturated heterocycles. The zero-order valence-corrected chi connectivity index (χ0v) is 27.4. The third-order valence-corrected chi connectivity index (χ3v) is 8.76. The van der Waals surface area contributed by atoms with Gasteiger partial charge in [0.1, 0.15) is 11.5 Å². The number of para-hydroxylation sites is 1. The molecule has 0 unspecified atom stereocenters. The van der Waals surface area contributed by atoms with Crippen molar-refractivity contribution in [1.29, 1.82) is 0 Å². The SMILES string of the molecule is CCCCCCCCCCCCCCc1ccc(Oc2ccccc2)cc1CCCCCCCCCCCCCC. The van der Waals surface area contributed by atoms with E-state index in [9.17, 15) is 0 Å². The van der Waals surface area contributed by atoms with Crippen LogP contribution < -0.4 is 4.74 Å². The molecule has 2 aromatic carbocycles. The van der Waals surface area contributed by atoms with Gasteiger partial charge in [0, 0.05) is 0 Å². The van der Waals surface area contributed by atoms with Crippen LogP contribution in [0.5, 0.6) is 11.5 Å². The summed E-state index contributed by atoms with van der Waals surface area (Å²) in [6, 6.07) is 17.1. The van der Waals surface area contributed by atoms with Crippen LogP contribution in [0.4, 0.5) is 0 Å². The number of unbranched alkanes of at least 4 members (excludes halogenated alkanes) is 22. The summed E-state index contributed by atoms with van der Waals surface area (Å²) >= 11 is 0. The van der Waals surface area contributed by atoms with Crippen molar-refractivity contribution in [2.75, 3.05) is 0 Å². The molecule has 0 aliphatic carbocycles. The van der Waals surface area contributed by atoms with E-state index in [0.717, 1.165) is 11.5 Å². The van der Waals surface area contributed by atoms with E-state index in [1.807, 2.05) is 30.3 Å². The average molecular weight is 563 g/mol. The summed E-state index contributed by atoms with van der Waals surface area (Å²) in [5.74, 6) is 1.92. The lowest BCUT2D eigenvalue weighted by Crippen LogP contribution is -1.97. The molecule has 1 nitrogen and oxygen atoms in total. The molecule has 0 fully saturated rings. The van der Waals surface area contributed by atoms with Gasteiger partial charge < -0.3 is 4.74 Å². The highest BCUT2D eigenvalue weighted by atomic mass is 16.5. The Morgan fingerprint density at radius 3 is 1.20 bits per heavy atom. The predicted octanol–water partition coefficient (Wildman–Crippen LogP) is 14.0. The minimum absolute atomic E-state index is 0.928. The number of ether oxygens (including phenoxy) is 1. The second kappa shape index (κ2) is 25.9. The van der Waals surface area contributed by atoms with Crippen molar-refractivity contribution in [2.45, 2.75) is 181 Å². The van der Waals surface area contributed by atoms with E-state index in [1.165, 1.54) is 173 Å². The third kappa shape index (κ3) is 19.1. The van der Waals surface area contributed by atoms with Crippen molar-refractivity contribution in [3.63, 3.8) is 0 Å². The summed E-state index contributed by atoms with van der Waals surface area (Å²) in [7, 11) is 0. The average Bonchev–Trinajstić information content (AvgIpc) is 2.99. The van der Waals surface area contributed by atoms with Crippen LogP contribution in [0.25, 0.3) is 0 Å². The van der Waals surface area contributed by atoms with Crippen LogP contribution in [-0.2, 0) is 12.8 Å². The summed E-state index contributed by atoms with van der Waals surface area (Å²) < 4.78 is 6.20. The standard InChI is InChI=1S/C40H66O/c1-3-5-7-9-11-13-15-17-19-21-23-26-30-37-34-35-40(41-39-32-28-25-29-33-39)36-38(37)31-27-24-22-20-18-16-14-12-10-8-6-4-2/h25,28-29,32-36H,3-24,26-27,30-31H2,1-2H3. The molecule has 0 aliphatic heterocycles. The molecule has 232 valence electrons. The highest BCUT2D eigenvalue weighted by Crippen LogP contribution is 2.27. The van der Waals surface area contributed by atoms with Gasteiger partial charge in [0.25, 0.3) is 0 Å². The van der Waals surface area contributed by atoms with Gasteiger partial charge in [0.05, 0.1) is 0 Å². The van der Waals surface area contributed by atoms with E-state index in [1.54, 1.807) is 5.56 Å². The number of hydrogen-bond acceptors (Lipinski definition) is 1. The van der Waals surface area contributed by atoms with Crippen molar-refractivity contribution in [3.8, 4) is 11.5 Å². The van der Waals surface area contributed by atoms with Crippen LogP contribution in [0, 0.1) is 0 Å². The van der Waals surface area contributed by atoms with E-state index in [0.29, 0.717) is 0 Å². The van der Waals surface area contributed by atoms with E-state index >= 15 is 0 Å². The van der Waals surface area contributed by atoms with E-state index in [2.05, 4.69) is 32.0 Å². The topological polar surface area (TPSA) is 9.23 Å². The van der Waals surface area contributed by atoms with Gasteiger partial charge in [-0.1, -0.05) is 179 Å². The fourth-order valence-electron chi connectivity index (χ4n) is 6.08. The van der Waals surface area contributed by atoms with Gasteiger partial charge in [-0.05, 0) is 61.1 Å². The van der Waals surface area contributed by atoms with Gasteiger partial charge in [-0.3, -0.25) is 0 Å². The normalized spacial score (nSPS) is 11.3. The maximum Gasteiger partial charge on any atom is 0.127 e. The minimum atomic E-state index is 0.928. The highest BCUT2D eigenvalue weighted by molar-refractivity contribution is 5.38. The molecule has 2 rings (SSSR count). The monoisotopic (exact) mass is 563 g/mol. The molecule has 41 heavy (non-hydrogen) atoms. The lowest BCUT2D eigenvalue weighted by Gasteiger charge is -2.13. The molecule has 0 bridgehead atoms. The maximum absolute atomic E-state index is 6.20. The summed E-state index contributed by atoms with van der Waals surface area (Å²) in [6.45, 7) is 4.60. The van der Waals surface area contributed by atoms with E-state index in [4.69, 9.17) is 4.74 Å². The highest BCUT2D eigenvalue weighted by Gasteiger charge is 2.07. The fraction of sp³-hybridized carbons (Fsp3) is 0.700. The Balaban J connectivity index is 1.66. The largest absolute Gasteiger partial charge is 0.457 e. The van der Waals surface area contributed by atoms with Crippen molar-refractivity contribution in [1.82, 2.24) is 0 Å². The second-order valence-electron chi connectivity index (χ2n) is 12.6. The lowest BCUT2D eigenvalue weighted by molar-refractivity contribution is 0.481. The van der Waals surface area contributed by atoms with Gasteiger partial charge in [0.15, 0.2) is 0 Å². The maximum atomic E-state index is 6.20. The quantitative estimate of drug-likeness (QED) is 0.0937. The number of aryl methyl sites for hydroxylation is 2. The summed E-state index contributed by atoms with van der Waals surface area (Å²) in [4.78, 5) is 0. The number of hydrogen-bond donors (Lipinski definition) is 0. The van der Waals surface area contributed by atoms with Crippen LogP contribution in [0.3, 0.4) is 0 Å². The van der Waals surface area contributed by atoms with Crippen molar-refractivity contribution < 1.29 is 4.74 Å². The van der Waals surface area contributed by atoms with Gasteiger partial charge in [0.2, 0.25) is 0 Å². The Hall–Kier alpha value is -1.76. The second-order valence-corrected chi connectivity index (χ2v) is 12.6. The zero-order valence-electron chi connectivity index (χ0n) is 27.4. The first-order chi connectivity index (χ1) is 20.3. The van der Waals surface area contributed by atoms with Crippen LogP contribution in [0.15, 0.2) is 48.5 Å². The van der Waals surface area contributed by atoms with Crippen molar-refractivity contribution >= 4 is 0 Å². The number of rotatable bonds is 28. The number of benzene rings is 2. The van der Waals surface area contributed by atoms with Crippen LogP contribution in [0.2, 0.25) is 0 Å². The molecule has 0 aromatic heterocycles. The smallest absolute Gasteiger partial charge is 0.127 e. The Morgan fingerprint density at radius 2 is 0.756 bits per heavy atom. The zero-order chi connectivity index (χ0) is 29.1. The lowest BCUT2D eigenvalue weighted by atomic mass is 9.96. The molecule has 2 aromatic rings. The van der Waals surface area contributed by atoms with Crippen LogP contribution >= 0.6 is 0 Å². The molecule has 0 amide bonds. The van der Waals surface area contributed by atoms with Gasteiger partial charge >= 0.3 is 0 Å². The molecule has 0 N–H and O–H groups in total. The molecular formula is C40H66O. The molecule has 0 atom stereocenters. The Kier molecular flexibility index (Phi) is 22.4. The van der Waals surface area contributed by atoms with E-state index < -0.39 is 0 Å². The Morgan fingerprint density at radius 1 is 0.366 bits per heavy atom. The van der Waals surface area contributed by atoms with E-state index in [-0.39, 0.29) is 0 Å². The minimum Gasteiger partial charge on any atom is -0.457 e. The third-order valence-electron chi connectivity index (χ3n) is 8.76. The Bertz CT molecular complexity index is 826. The predicted molar refractivity (Wildman–Crippen MR) is 183 cm³/mol. The molecule has 0 saturated carbocycles. The first-order valence-corrected chi connectivity index (χ1v) is 18.2. The van der Waals surface area contributed by atoms with Crippen LogP contribution in [0.1, 0.15) is 179 Å². The molecule has 1 heteroatoms. The molecule has 0 heterocycles. The summed E-state index contributed by atoms with van der Waals surface area (Å²) in [5.41, 5.74) is 3.08. The summed E-state index contributed by atoms with van der Waals surface area (Å²) in [6.07, 6.45) is 36.3. The Labute approximate surface area is 256 Å². The molecule has 0 radical (unpaired) electrons. The van der Waals surface area contributed by atoms with Crippen molar-refractivity contribution in [2.24, 2.45) is 0 Å². The molecular weight excluding hydrogens is 496 g/mol. The van der Waals surface area contributed by atoms with Crippen LogP contribution in [-0.4, -0.2) is 0 Å². The molecule has 0 spiro atoms. The first-order valence-electron chi connectivity index (χ1n) is 18.2. The van der Waals surface area contributed by atoms with Crippen molar-refractivity contribution in [3.05, 3.63) is 59.7 Å². The summed E-state index contributed by atoms with van der Waals surface area (Å²) in [5, 5.41) is 0. The first kappa shape index (κ1) is 35.4. The fourth-order valence-corrected chi connectivity index (χ4v) is 6.08. The van der Waals surface area contributed by atoms with Gasteiger partial charge in [-0.15, -0.1) is 0 Å².